The average molecular weight is 391 g/mol. The molecule has 1 rings (SSSR count). The molecule has 0 N–H and O–H groups in total. The molecule has 25 heavy (non-hydrogen) atoms. The molecule has 0 amide bonds. The van der Waals surface area contributed by atoms with Gasteiger partial charge in [0.1, 0.15) is 5.78 Å². The molecule has 6 heteroatoms. The number of carbonyl (C=O) groups excluding carboxylic acids is 2. The molecule has 1 fully saturated rings. The fraction of sp³-hybridized carbons (Fsp3) is 0.895. The van der Waals surface area contributed by atoms with E-state index in [9.17, 15) is 9.59 Å². The minimum atomic E-state index is -0.176. The number of rotatable bonds is 12. The van der Waals surface area contributed by atoms with Crippen LogP contribution in [0.4, 0.5) is 0 Å². The summed E-state index contributed by atoms with van der Waals surface area (Å²) in [6, 6.07) is 0. The highest BCUT2D eigenvalue weighted by molar-refractivity contribution is 8.01. The van der Waals surface area contributed by atoms with Gasteiger partial charge in [-0.25, -0.2) is 0 Å². The number of hydrogen-bond acceptors (Lipinski definition) is 6. The summed E-state index contributed by atoms with van der Waals surface area (Å²) in [5.41, 5.74) is 0.323. The molecule has 0 aromatic heterocycles. The van der Waals surface area contributed by atoms with Gasteiger partial charge in [-0.15, -0.1) is 0 Å². The molecule has 1 aliphatic carbocycles. The lowest BCUT2D eigenvalue weighted by Gasteiger charge is -2.28. The summed E-state index contributed by atoms with van der Waals surface area (Å²) < 4.78 is 10.2. The first-order valence-corrected chi connectivity index (χ1v) is 11.4. The van der Waals surface area contributed by atoms with E-state index in [0.717, 1.165) is 37.2 Å². The highest BCUT2D eigenvalue weighted by Gasteiger charge is 2.42. The third-order valence-corrected chi connectivity index (χ3v) is 7.69. The van der Waals surface area contributed by atoms with Crippen molar-refractivity contribution in [3.8, 4) is 0 Å². The highest BCUT2D eigenvalue weighted by Crippen LogP contribution is 2.40. The smallest absolute Gasteiger partial charge is 0.315 e. The van der Waals surface area contributed by atoms with Crippen LogP contribution in [0.2, 0.25) is 0 Å². The lowest BCUT2D eigenvalue weighted by molar-refractivity contribution is -0.137. The van der Waals surface area contributed by atoms with Gasteiger partial charge in [0.25, 0.3) is 0 Å². The zero-order valence-electron chi connectivity index (χ0n) is 16.3. The number of thioether (sulfide) groups is 2. The number of ether oxygens (including phenoxy) is 2. The van der Waals surface area contributed by atoms with Crippen molar-refractivity contribution in [2.75, 3.05) is 31.5 Å². The minimum Gasteiger partial charge on any atom is -0.468 e. The van der Waals surface area contributed by atoms with Crippen LogP contribution < -0.4 is 0 Å². The Balaban J connectivity index is 2.42. The minimum absolute atomic E-state index is 0.0724. The van der Waals surface area contributed by atoms with E-state index in [-0.39, 0.29) is 17.3 Å². The molecule has 2 unspecified atom stereocenters. The van der Waals surface area contributed by atoms with Crippen LogP contribution in [0.3, 0.4) is 0 Å². The molecular weight excluding hydrogens is 356 g/mol. The van der Waals surface area contributed by atoms with Crippen molar-refractivity contribution in [3.63, 3.8) is 0 Å². The van der Waals surface area contributed by atoms with Gasteiger partial charge in [-0.2, -0.15) is 23.5 Å². The summed E-state index contributed by atoms with van der Waals surface area (Å²) in [5, 5.41) is 0.0724. The largest absolute Gasteiger partial charge is 0.468 e. The van der Waals surface area contributed by atoms with Crippen LogP contribution in [0.1, 0.15) is 52.9 Å². The summed E-state index contributed by atoms with van der Waals surface area (Å²) in [6.07, 6.45) is 4.98. The Morgan fingerprint density at radius 1 is 1.28 bits per heavy atom. The molecule has 1 saturated carbocycles. The number of methoxy groups -OCH3 is 2. The van der Waals surface area contributed by atoms with Crippen LogP contribution in [0.5, 0.6) is 0 Å². The van der Waals surface area contributed by atoms with Gasteiger partial charge >= 0.3 is 5.97 Å². The van der Waals surface area contributed by atoms with Crippen molar-refractivity contribution < 1.29 is 19.1 Å². The highest BCUT2D eigenvalue weighted by atomic mass is 32.2. The molecule has 146 valence electrons. The summed E-state index contributed by atoms with van der Waals surface area (Å²) in [5.74, 6) is 2.78. The Bertz CT molecular complexity index is 426. The van der Waals surface area contributed by atoms with Gasteiger partial charge in [-0.3, -0.25) is 9.59 Å². The van der Waals surface area contributed by atoms with E-state index < -0.39 is 0 Å². The standard InChI is InChI=1S/C19H34O4S2/c1-6-19(2,3)9-8-14-16(22-4)12-15(20)18(14)25-11-7-10-24-13-17(21)23-5/h14,16,18H,6-13H2,1-5H3/t14-,16?,18?/m0/s1. The van der Waals surface area contributed by atoms with Gasteiger partial charge < -0.3 is 9.47 Å². The van der Waals surface area contributed by atoms with Crippen molar-refractivity contribution >= 4 is 35.3 Å². The first-order valence-electron chi connectivity index (χ1n) is 9.16. The van der Waals surface area contributed by atoms with E-state index in [2.05, 4.69) is 25.5 Å². The van der Waals surface area contributed by atoms with Crippen molar-refractivity contribution in [1.29, 1.82) is 0 Å². The third kappa shape index (κ3) is 7.92. The normalized spacial score (nSPS) is 23.9. The van der Waals surface area contributed by atoms with Gasteiger partial charge in [0.15, 0.2) is 0 Å². The molecule has 3 atom stereocenters. The first kappa shape index (κ1) is 22.8. The van der Waals surface area contributed by atoms with Crippen LogP contribution >= 0.6 is 23.5 Å². The number of esters is 1. The van der Waals surface area contributed by atoms with Gasteiger partial charge in [0.05, 0.1) is 24.2 Å². The average Bonchev–Trinajstić information content (AvgIpc) is 2.91. The van der Waals surface area contributed by atoms with Gasteiger partial charge in [0, 0.05) is 19.4 Å². The predicted octanol–water partition coefficient (Wildman–Crippen LogP) is 4.20. The summed E-state index contributed by atoms with van der Waals surface area (Å²) in [6.45, 7) is 6.82. The maximum absolute atomic E-state index is 12.4. The Morgan fingerprint density at radius 3 is 2.60 bits per heavy atom. The number of carbonyl (C=O) groups is 2. The molecule has 1 aliphatic rings. The van der Waals surface area contributed by atoms with E-state index in [1.807, 2.05) is 0 Å². The molecule has 0 aliphatic heterocycles. The monoisotopic (exact) mass is 390 g/mol. The van der Waals surface area contributed by atoms with E-state index in [4.69, 9.17) is 4.74 Å². The third-order valence-electron chi connectivity index (χ3n) is 5.18. The summed E-state index contributed by atoms with van der Waals surface area (Å²) in [4.78, 5) is 23.5. The Kier molecular flexibility index (Phi) is 10.5. The molecule has 0 bridgehead atoms. The van der Waals surface area contributed by atoms with Crippen LogP contribution in [-0.4, -0.2) is 54.6 Å². The first-order chi connectivity index (χ1) is 11.8. The van der Waals surface area contributed by atoms with Crippen LogP contribution in [0.15, 0.2) is 0 Å². The van der Waals surface area contributed by atoms with Crippen molar-refractivity contribution in [1.82, 2.24) is 0 Å². The molecule has 0 radical (unpaired) electrons. The predicted molar refractivity (Wildman–Crippen MR) is 107 cm³/mol. The fourth-order valence-corrected chi connectivity index (χ4v) is 5.40. The fourth-order valence-electron chi connectivity index (χ4n) is 3.03. The molecule has 0 aromatic rings. The Hall–Kier alpha value is -0.200. The van der Waals surface area contributed by atoms with Crippen molar-refractivity contribution in [2.24, 2.45) is 11.3 Å². The molecular formula is C19H34O4S2. The molecule has 0 spiro atoms. The lowest BCUT2D eigenvalue weighted by atomic mass is 9.82. The van der Waals surface area contributed by atoms with Crippen molar-refractivity contribution in [3.05, 3.63) is 0 Å². The second kappa shape index (κ2) is 11.5. The zero-order chi connectivity index (χ0) is 18.9. The quantitative estimate of drug-likeness (QED) is 0.368. The van der Waals surface area contributed by atoms with Gasteiger partial charge in [-0.1, -0.05) is 27.2 Å². The lowest BCUT2D eigenvalue weighted by Crippen LogP contribution is -2.26. The Morgan fingerprint density at radius 2 is 2.00 bits per heavy atom. The van der Waals surface area contributed by atoms with E-state index >= 15 is 0 Å². The molecule has 4 nitrogen and oxygen atoms in total. The van der Waals surface area contributed by atoms with E-state index in [1.54, 1.807) is 30.6 Å². The van der Waals surface area contributed by atoms with Gasteiger partial charge in [-0.05, 0) is 36.2 Å². The van der Waals surface area contributed by atoms with Crippen LogP contribution in [-0.2, 0) is 19.1 Å². The zero-order valence-corrected chi connectivity index (χ0v) is 18.0. The van der Waals surface area contributed by atoms with Crippen LogP contribution in [0, 0.1) is 11.3 Å². The number of ketones is 1. The van der Waals surface area contributed by atoms with E-state index in [1.165, 1.54) is 7.11 Å². The molecule has 0 aromatic carbocycles. The molecule has 0 saturated heterocycles. The maximum atomic E-state index is 12.4. The Labute approximate surface area is 161 Å². The van der Waals surface area contributed by atoms with E-state index in [0.29, 0.717) is 29.3 Å². The second-order valence-corrected chi connectivity index (χ2v) is 9.79. The summed E-state index contributed by atoms with van der Waals surface area (Å²) >= 11 is 3.38. The molecule has 0 heterocycles. The SMILES string of the molecule is CCC(C)(C)CC[C@H]1C(OC)CC(=O)C1SCCCSCC(=O)OC. The second-order valence-electron chi connectivity index (χ2n) is 7.44. The topological polar surface area (TPSA) is 52.6 Å². The number of Topliss-reactive ketones (excluding diaryl/α,β-unsaturated/α-hetero) is 1. The maximum Gasteiger partial charge on any atom is 0.315 e. The van der Waals surface area contributed by atoms with Crippen LogP contribution in [0.25, 0.3) is 0 Å². The summed E-state index contributed by atoms with van der Waals surface area (Å²) in [7, 11) is 3.14. The number of hydrogen-bond donors (Lipinski definition) is 0. The van der Waals surface area contributed by atoms with Gasteiger partial charge in [0.2, 0.25) is 0 Å². The van der Waals surface area contributed by atoms with Crippen molar-refractivity contribution in [2.45, 2.75) is 64.2 Å².